The fraction of sp³-hybridized carbons (Fsp3) is 0.571. The number of nitrogens with zero attached hydrogens (tertiary/aromatic N) is 1. The van der Waals surface area contributed by atoms with Crippen LogP contribution in [0.15, 0.2) is 24.3 Å². The van der Waals surface area contributed by atoms with E-state index in [0.29, 0.717) is 6.54 Å². The summed E-state index contributed by atoms with van der Waals surface area (Å²) in [5.74, 6) is 0.822. The van der Waals surface area contributed by atoms with Gasteiger partial charge in [0.25, 0.3) is 0 Å². The van der Waals surface area contributed by atoms with Gasteiger partial charge in [-0.25, -0.2) is 0 Å². The van der Waals surface area contributed by atoms with Crippen LogP contribution in [0.4, 0.5) is 0 Å². The largest absolute Gasteiger partial charge is 0.496 e. The first-order valence-electron chi connectivity index (χ1n) is 6.36. The first-order valence-corrected chi connectivity index (χ1v) is 6.36. The number of likely N-dealkylation sites (tertiary alicyclic amines) is 1. The van der Waals surface area contributed by atoms with Crippen molar-refractivity contribution in [1.82, 2.24) is 4.90 Å². The number of β-amino-alcohol motifs (C(OH)–C–C–N with tert-alkyl or cyclic N) is 1. The molecular weight excluding hydrogens is 228 g/mol. The highest BCUT2D eigenvalue weighted by molar-refractivity contribution is 5.38. The number of benzene rings is 1. The molecule has 1 aromatic carbocycles. The smallest absolute Gasteiger partial charge is 0.123 e. The number of nitrogens with two attached hydrogens (primary N) is 1. The Bertz CT molecular complexity index is 407. The van der Waals surface area contributed by atoms with Crippen molar-refractivity contribution in [2.75, 3.05) is 26.7 Å². The molecule has 0 amide bonds. The molecule has 0 bridgehead atoms. The summed E-state index contributed by atoms with van der Waals surface area (Å²) in [7, 11) is 1.66. The summed E-state index contributed by atoms with van der Waals surface area (Å²) in [6, 6.07) is 7.85. The van der Waals surface area contributed by atoms with E-state index in [9.17, 15) is 5.11 Å². The van der Waals surface area contributed by atoms with E-state index in [1.807, 2.05) is 31.2 Å². The molecule has 18 heavy (non-hydrogen) atoms. The number of aliphatic hydroxyl groups excluding tert-OH is 1. The van der Waals surface area contributed by atoms with Gasteiger partial charge in [-0.1, -0.05) is 18.2 Å². The third-order valence-corrected chi connectivity index (χ3v) is 3.52. The minimum Gasteiger partial charge on any atom is -0.496 e. The van der Waals surface area contributed by atoms with Crippen LogP contribution in [-0.4, -0.2) is 42.9 Å². The van der Waals surface area contributed by atoms with E-state index in [-0.39, 0.29) is 6.10 Å². The topological polar surface area (TPSA) is 58.7 Å². The monoisotopic (exact) mass is 250 g/mol. The zero-order valence-electron chi connectivity index (χ0n) is 11.1. The second kappa shape index (κ2) is 5.26. The van der Waals surface area contributed by atoms with Crippen LogP contribution in [0.25, 0.3) is 0 Å². The highest BCUT2D eigenvalue weighted by atomic mass is 16.5. The minimum atomic E-state index is -0.476. The molecule has 1 aromatic rings. The van der Waals surface area contributed by atoms with E-state index in [1.54, 1.807) is 7.11 Å². The molecule has 2 atom stereocenters. The third kappa shape index (κ3) is 2.83. The Hall–Kier alpha value is -1.10. The van der Waals surface area contributed by atoms with Crippen molar-refractivity contribution in [1.29, 1.82) is 0 Å². The van der Waals surface area contributed by atoms with Crippen LogP contribution in [0.2, 0.25) is 0 Å². The Labute approximate surface area is 108 Å². The number of hydrogen-bond donors (Lipinski definition) is 2. The summed E-state index contributed by atoms with van der Waals surface area (Å²) in [5, 5.41) is 9.56. The van der Waals surface area contributed by atoms with Crippen molar-refractivity contribution in [3.63, 3.8) is 0 Å². The zero-order chi connectivity index (χ0) is 13.2. The van der Waals surface area contributed by atoms with Crippen molar-refractivity contribution in [2.45, 2.75) is 25.0 Å². The highest BCUT2D eigenvalue weighted by Gasteiger charge is 2.30. The van der Waals surface area contributed by atoms with Crippen molar-refractivity contribution in [3.05, 3.63) is 29.8 Å². The van der Waals surface area contributed by atoms with Gasteiger partial charge in [-0.3, -0.25) is 4.90 Å². The van der Waals surface area contributed by atoms with Crippen LogP contribution in [0, 0.1) is 0 Å². The Morgan fingerprint density at radius 3 is 2.83 bits per heavy atom. The summed E-state index contributed by atoms with van der Waals surface area (Å²) in [6.45, 7) is 4.35. The Morgan fingerprint density at radius 2 is 2.22 bits per heavy atom. The molecule has 1 aliphatic rings. The van der Waals surface area contributed by atoms with Crippen LogP contribution in [-0.2, 0) is 5.54 Å². The molecule has 0 spiro atoms. The summed E-state index contributed by atoms with van der Waals surface area (Å²) < 4.78 is 5.37. The van der Waals surface area contributed by atoms with Gasteiger partial charge >= 0.3 is 0 Å². The van der Waals surface area contributed by atoms with E-state index < -0.39 is 5.54 Å². The molecule has 0 saturated carbocycles. The molecule has 4 nitrogen and oxygen atoms in total. The van der Waals surface area contributed by atoms with Gasteiger partial charge in [0.1, 0.15) is 5.75 Å². The SMILES string of the molecule is COc1ccccc1[C@](C)(N)CN1CC[C@H](O)C1. The first kappa shape index (κ1) is 13.3. The Balaban J connectivity index is 2.14. The molecule has 3 N–H and O–H groups in total. The van der Waals surface area contributed by atoms with Gasteiger partial charge in [0, 0.05) is 25.2 Å². The molecule has 100 valence electrons. The van der Waals surface area contributed by atoms with Gasteiger partial charge < -0.3 is 15.6 Å². The fourth-order valence-corrected chi connectivity index (χ4v) is 2.62. The first-order chi connectivity index (χ1) is 8.53. The average Bonchev–Trinajstić information content (AvgIpc) is 2.74. The van der Waals surface area contributed by atoms with Crippen molar-refractivity contribution in [2.24, 2.45) is 5.73 Å². The van der Waals surface area contributed by atoms with Crippen molar-refractivity contribution >= 4 is 0 Å². The van der Waals surface area contributed by atoms with Gasteiger partial charge in [0.15, 0.2) is 0 Å². The van der Waals surface area contributed by atoms with Crippen LogP contribution in [0.3, 0.4) is 0 Å². The standard InChI is InChI=1S/C14H22N2O2/c1-14(15,10-16-8-7-11(17)9-16)12-5-3-4-6-13(12)18-2/h3-6,11,17H,7-10,15H2,1-2H3/t11-,14+/m0/s1. The van der Waals surface area contributed by atoms with Gasteiger partial charge in [0.2, 0.25) is 0 Å². The molecule has 0 aromatic heterocycles. The molecule has 4 heteroatoms. The lowest BCUT2D eigenvalue weighted by molar-refractivity contribution is 0.166. The van der Waals surface area contributed by atoms with E-state index >= 15 is 0 Å². The molecule has 0 unspecified atom stereocenters. The predicted octanol–water partition coefficient (Wildman–Crippen LogP) is 0.936. The number of aliphatic hydroxyl groups is 1. The highest BCUT2D eigenvalue weighted by Crippen LogP contribution is 2.29. The van der Waals surface area contributed by atoms with Gasteiger partial charge in [-0.15, -0.1) is 0 Å². The van der Waals surface area contributed by atoms with Gasteiger partial charge in [0.05, 0.1) is 18.8 Å². The van der Waals surface area contributed by atoms with E-state index in [1.165, 1.54) is 0 Å². The maximum absolute atomic E-state index is 9.56. The van der Waals surface area contributed by atoms with E-state index in [2.05, 4.69) is 4.90 Å². The summed E-state index contributed by atoms with van der Waals surface area (Å²) in [6.07, 6.45) is 0.626. The molecule has 1 aliphatic heterocycles. The molecule has 1 fully saturated rings. The van der Waals surface area contributed by atoms with Crippen LogP contribution in [0.1, 0.15) is 18.9 Å². The summed E-state index contributed by atoms with van der Waals surface area (Å²) >= 11 is 0. The molecule has 0 aliphatic carbocycles. The molecule has 1 saturated heterocycles. The van der Waals surface area contributed by atoms with Gasteiger partial charge in [-0.2, -0.15) is 0 Å². The average molecular weight is 250 g/mol. The lowest BCUT2D eigenvalue weighted by atomic mass is 9.91. The lowest BCUT2D eigenvalue weighted by Crippen LogP contribution is -2.45. The summed E-state index contributed by atoms with van der Waals surface area (Å²) in [4.78, 5) is 2.21. The third-order valence-electron chi connectivity index (χ3n) is 3.52. The van der Waals surface area contributed by atoms with Crippen LogP contribution >= 0.6 is 0 Å². The molecule has 2 rings (SSSR count). The lowest BCUT2D eigenvalue weighted by Gasteiger charge is -2.31. The maximum atomic E-state index is 9.56. The number of methoxy groups -OCH3 is 1. The maximum Gasteiger partial charge on any atom is 0.123 e. The Kier molecular flexibility index (Phi) is 3.90. The Morgan fingerprint density at radius 1 is 1.50 bits per heavy atom. The van der Waals surface area contributed by atoms with Gasteiger partial charge in [-0.05, 0) is 19.4 Å². The second-order valence-electron chi connectivity index (χ2n) is 5.30. The van der Waals surface area contributed by atoms with Crippen molar-refractivity contribution in [3.8, 4) is 5.75 Å². The second-order valence-corrected chi connectivity index (χ2v) is 5.30. The molecule has 1 heterocycles. The number of rotatable bonds is 4. The predicted molar refractivity (Wildman–Crippen MR) is 71.6 cm³/mol. The van der Waals surface area contributed by atoms with Crippen molar-refractivity contribution < 1.29 is 9.84 Å². The normalized spacial score (nSPS) is 23.9. The number of hydrogen-bond acceptors (Lipinski definition) is 4. The fourth-order valence-electron chi connectivity index (χ4n) is 2.62. The minimum absolute atomic E-state index is 0.210. The van der Waals surface area contributed by atoms with E-state index in [4.69, 9.17) is 10.5 Å². The number of para-hydroxylation sites is 1. The van der Waals surface area contributed by atoms with Crippen LogP contribution in [0.5, 0.6) is 5.75 Å². The zero-order valence-corrected chi connectivity index (χ0v) is 11.1. The van der Waals surface area contributed by atoms with Crippen LogP contribution < -0.4 is 10.5 Å². The quantitative estimate of drug-likeness (QED) is 0.835. The molecular formula is C14H22N2O2. The number of ether oxygens (including phenoxy) is 1. The van der Waals surface area contributed by atoms with E-state index in [0.717, 1.165) is 30.8 Å². The summed E-state index contributed by atoms with van der Waals surface area (Å²) in [5.41, 5.74) is 6.97. The molecule has 0 radical (unpaired) electrons.